The van der Waals surface area contributed by atoms with Crippen LogP contribution in [0.1, 0.15) is 35.6 Å². The SMILES string of the molecule is Cc1cc2occ(CC(=O)N3C[C@H]4C[C@@H](n5cncn5)[C@H](O)C[C@H]4C3)c2c(C)c1Cl. The van der Waals surface area contributed by atoms with Gasteiger partial charge in [0.25, 0.3) is 0 Å². The van der Waals surface area contributed by atoms with Gasteiger partial charge in [0, 0.05) is 29.1 Å². The number of aromatic nitrogens is 3. The summed E-state index contributed by atoms with van der Waals surface area (Å²) >= 11 is 6.43. The van der Waals surface area contributed by atoms with Crippen LogP contribution in [0.15, 0.2) is 29.4 Å². The Bertz CT molecular complexity index is 1090. The van der Waals surface area contributed by atoms with Crippen LogP contribution in [0.25, 0.3) is 11.0 Å². The topological polar surface area (TPSA) is 84.4 Å². The maximum absolute atomic E-state index is 13.1. The van der Waals surface area contributed by atoms with Crippen LogP contribution >= 0.6 is 11.6 Å². The van der Waals surface area contributed by atoms with Gasteiger partial charge < -0.3 is 14.4 Å². The van der Waals surface area contributed by atoms with Crippen LogP contribution in [0.2, 0.25) is 5.02 Å². The van der Waals surface area contributed by atoms with Gasteiger partial charge in [0.15, 0.2) is 0 Å². The predicted molar refractivity (Wildman–Crippen MR) is 112 cm³/mol. The second kappa shape index (κ2) is 7.39. The van der Waals surface area contributed by atoms with E-state index in [4.69, 9.17) is 16.0 Å². The number of halogens is 1. The fourth-order valence-corrected chi connectivity index (χ4v) is 5.45. The zero-order valence-electron chi connectivity index (χ0n) is 17.1. The molecule has 2 fully saturated rings. The first kappa shape index (κ1) is 19.6. The summed E-state index contributed by atoms with van der Waals surface area (Å²) in [6.45, 7) is 5.33. The summed E-state index contributed by atoms with van der Waals surface area (Å²) in [5.74, 6) is 0.783. The second-order valence-electron chi connectivity index (χ2n) is 8.74. The zero-order valence-corrected chi connectivity index (χ0v) is 17.8. The molecule has 1 N–H and O–H groups in total. The Labute approximate surface area is 179 Å². The molecule has 8 heteroatoms. The maximum Gasteiger partial charge on any atom is 0.227 e. The number of hydrogen-bond acceptors (Lipinski definition) is 5. The summed E-state index contributed by atoms with van der Waals surface area (Å²) < 4.78 is 7.46. The number of benzene rings is 1. The molecule has 158 valence electrons. The third-order valence-corrected chi connectivity index (χ3v) is 7.46. The highest BCUT2D eigenvalue weighted by Crippen LogP contribution is 2.41. The first-order valence-electron chi connectivity index (χ1n) is 10.4. The van der Waals surface area contributed by atoms with E-state index >= 15 is 0 Å². The minimum absolute atomic E-state index is 0.0744. The quantitative estimate of drug-likeness (QED) is 0.691. The fraction of sp³-hybridized carbons (Fsp3) is 0.500. The van der Waals surface area contributed by atoms with E-state index in [0.717, 1.165) is 45.6 Å². The van der Waals surface area contributed by atoms with Crippen LogP contribution in [-0.4, -0.2) is 49.9 Å². The van der Waals surface area contributed by atoms with Crippen molar-refractivity contribution in [2.24, 2.45) is 11.8 Å². The number of hydrogen-bond donors (Lipinski definition) is 1. The van der Waals surface area contributed by atoms with E-state index in [2.05, 4.69) is 10.1 Å². The van der Waals surface area contributed by atoms with Crippen LogP contribution in [0.5, 0.6) is 0 Å². The standard InChI is InChI=1S/C22H25ClN4O3/c1-12-3-19-21(13(2)22(12)23)16(9-30-19)6-20(29)26-7-14-4-17(27-11-24-10-25-27)18(28)5-15(14)8-26/h3,9-11,14-15,17-18,28H,4-8H2,1-2H3/t14-,15+,17-,18-/m1/s1. The van der Waals surface area contributed by atoms with Gasteiger partial charge in [-0.3, -0.25) is 4.79 Å². The molecule has 0 bridgehead atoms. The second-order valence-corrected chi connectivity index (χ2v) is 9.12. The van der Waals surface area contributed by atoms with Crippen molar-refractivity contribution in [3.8, 4) is 0 Å². The number of aliphatic hydroxyl groups is 1. The molecule has 1 aromatic carbocycles. The van der Waals surface area contributed by atoms with Gasteiger partial charge in [-0.05, 0) is 55.7 Å². The highest BCUT2D eigenvalue weighted by molar-refractivity contribution is 6.33. The summed E-state index contributed by atoms with van der Waals surface area (Å²) in [4.78, 5) is 19.1. The molecule has 1 saturated heterocycles. The summed E-state index contributed by atoms with van der Waals surface area (Å²) in [6, 6.07) is 1.85. The van der Waals surface area contributed by atoms with E-state index in [0.29, 0.717) is 31.2 Å². The van der Waals surface area contributed by atoms with E-state index in [-0.39, 0.29) is 11.9 Å². The molecule has 30 heavy (non-hydrogen) atoms. The number of furan rings is 1. The third kappa shape index (κ3) is 3.20. The molecule has 2 aliphatic rings. The normalized spacial score (nSPS) is 26.3. The minimum Gasteiger partial charge on any atom is -0.464 e. The smallest absolute Gasteiger partial charge is 0.227 e. The Balaban J connectivity index is 1.32. The Hall–Kier alpha value is -2.38. The molecule has 0 radical (unpaired) electrons. The summed E-state index contributed by atoms with van der Waals surface area (Å²) in [5.41, 5.74) is 3.57. The van der Waals surface area contributed by atoms with E-state index in [1.54, 1.807) is 17.3 Å². The van der Waals surface area contributed by atoms with Crippen molar-refractivity contribution in [3.63, 3.8) is 0 Å². The number of rotatable bonds is 3. The van der Waals surface area contributed by atoms with Gasteiger partial charge in [-0.2, -0.15) is 5.10 Å². The number of carbonyl (C=O) groups is 1. The van der Waals surface area contributed by atoms with E-state index in [1.165, 1.54) is 6.33 Å². The average Bonchev–Trinajstić information content (AvgIpc) is 3.45. The summed E-state index contributed by atoms with van der Waals surface area (Å²) in [5, 5.41) is 16.5. The van der Waals surface area contributed by atoms with Gasteiger partial charge in [-0.25, -0.2) is 9.67 Å². The van der Waals surface area contributed by atoms with Gasteiger partial charge in [0.05, 0.1) is 24.8 Å². The van der Waals surface area contributed by atoms with Crippen LogP contribution in [0.3, 0.4) is 0 Å². The first-order valence-corrected chi connectivity index (χ1v) is 10.8. The van der Waals surface area contributed by atoms with Gasteiger partial charge in [-0.15, -0.1) is 0 Å². The number of carbonyl (C=O) groups excluding carboxylic acids is 1. The minimum atomic E-state index is -0.464. The number of likely N-dealkylation sites (tertiary alicyclic amines) is 1. The monoisotopic (exact) mass is 428 g/mol. The lowest BCUT2D eigenvalue weighted by atomic mass is 9.77. The lowest BCUT2D eigenvalue weighted by molar-refractivity contribution is -0.129. The Morgan fingerprint density at radius 3 is 2.80 bits per heavy atom. The molecule has 0 spiro atoms. The van der Waals surface area contributed by atoms with Crippen LogP contribution < -0.4 is 0 Å². The predicted octanol–water partition coefficient (Wildman–Crippen LogP) is 3.31. The number of aliphatic hydroxyl groups excluding tert-OH is 1. The third-order valence-electron chi connectivity index (χ3n) is 6.87. The lowest BCUT2D eigenvalue weighted by Gasteiger charge is -2.34. The molecule has 1 aliphatic carbocycles. The van der Waals surface area contributed by atoms with Crippen molar-refractivity contribution in [2.45, 2.75) is 45.3 Å². The summed E-state index contributed by atoms with van der Waals surface area (Å²) in [7, 11) is 0. The molecule has 4 atom stereocenters. The fourth-order valence-electron chi connectivity index (χ4n) is 5.30. The maximum atomic E-state index is 13.1. The molecule has 3 aromatic rings. The Morgan fingerprint density at radius 1 is 1.30 bits per heavy atom. The molecule has 1 amide bonds. The Morgan fingerprint density at radius 2 is 2.07 bits per heavy atom. The summed E-state index contributed by atoms with van der Waals surface area (Å²) in [6.07, 6.45) is 6.15. The number of nitrogens with zero attached hydrogens (tertiary/aromatic N) is 4. The van der Waals surface area contributed by atoms with Gasteiger partial charge >= 0.3 is 0 Å². The van der Waals surface area contributed by atoms with Crippen molar-refractivity contribution in [1.82, 2.24) is 19.7 Å². The van der Waals surface area contributed by atoms with Crippen molar-refractivity contribution >= 4 is 28.5 Å². The van der Waals surface area contributed by atoms with E-state index < -0.39 is 6.10 Å². The van der Waals surface area contributed by atoms with Crippen LogP contribution in [0, 0.1) is 25.7 Å². The molecular weight excluding hydrogens is 404 g/mol. The number of aryl methyl sites for hydroxylation is 2. The van der Waals surface area contributed by atoms with Crippen LogP contribution in [-0.2, 0) is 11.2 Å². The molecule has 1 aliphatic heterocycles. The average molecular weight is 429 g/mol. The van der Waals surface area contributed by atoms with Crippen molar-refractivity contribution < 1.29 is 14.3 Å². The van der Waals surface area contributed by atoms with Gasteiger partial charge in [-0.1, -0.05) is 11.6 Å². The molecule has 3 heterocycles. The van der Waals surface area contributed by atoms with Crippen molar-refractivity contribution in [3.05, 3.63) is 46.7 Å². The van der Waals surface area contributed by atoms with E-state index in [1.807, 2.05) is 24.8 Å². The van der Waals surface area contributed by atoms with Crippen LogP contribution in [0.4, 0.5) is 0 Å². The van der Waals surface area contributed by atoms with Gasteiger partial charge in [0.1, 0.15) is 18.2 Å². The largest absolute Gasteiger partial charge is 0.464 e. The molecule has 5 rings (SSSR count). The lowest BCUT2D eigenvalue weighted by Crippen LogP contribution is -2.36. The van der Waals surface area contributed by atoms with Crippen molar-refractivity contribution in [2.75, 3.05) is 13.1 Å². The molecule has 1 saturated carbocycles. The molecular formula is C22H25ClN4O3. The first-order chi connectivity index (χ1) is 14.4. The highest BCUT2D eigenvalue weighted by atomic mass is 35.5. The van der Waals surface area contributed by atoms with Gasteiger partial charge in [0.2, 0.25) is 5.91 Å². The molecule has 7 nitrogen and oxygen atoms in total. The zero-order chi connectivity index (χ0) is 21.0. The molecule has 2 aromatic heterocycles. The highest BCUT2D eigenvalue weighted by Gasteiger charge is 2.43. The molecule has 0 unspecified atom stereocenters. The Kier molecular flexibility index (Phi) is 4.82. The van der Waals surface area contributed by atoms with Crippen molar-refractivity contribution in [1.29, 1.82) is 0 Å². The number of amides is 1. The number of fused-ring (bicyclic) bond motifs is 2. The van der Waals surface area contributed by atoms with E-state index in [9.17, 15) is 9.90 Å².